The molecular weight excluding hydrogens is 306 g/mol. The van der Waals surface area contributed by atoms with Crippen LogP contribution in [0.2, 0.25) is 5.02 Å². The van der Waals surface area contributed by atoms with Crippen molar-refractivity contribution < 1.29 is 9.18 Å². The second-order valence-electron chi connectivity index (χ2n) is 3.46. The Morgan fingerprint density at radius 1 is 1.12 bits per heavy atom. The first-order valence-corrected chi connectivity index (χ1v) is 6.00. The maximum Gasteiger partial charge on any atom is 0.194 e. The van der Waals surface area contributed by atoms with Gasteiger partial charge < -0.3 is 0 Å². The minimum atomic E-state index is -0.385. The van der Waals surface area contributed by atoms with Gasteiger partial charge in [0, 0.05) is 20.6 Å². The SMILES string of the molecule is O=C(c1ccc(Cl)cc1)c1ccc(F)cc1Br. The van der Waals surface area contributed by atoms with Gasteiger partial charge in [-0.1, -0.05) is 11.6 Å². The first kappa shape index (κ1) is 12.3. The lowest BCUT2D eigenvalue weighted by atomic mass is 10.0. The summed E-state index contributed by atoms with van der Waals surface area (Å²) >= 11 is 8.92. The summed E-state index contributed by atoms with van der Waals surface area (Å²) in [5.74, 6) is -0.557. The van der Waals surface area contributed by atoms with Crippen molar-refractivity contribution in [2.75, 3.05) is 0 Å². The first-order chi connectivity index (χ1) is 8.08. The Bertz CT molecular complexity index is 566. The molecule has 2 aromatic carbocycles. The fourth-order valence-corrected chi connectivity index (χ4v) is 2.09. The molecule has 0 fully saturated rings. The summed E-state index contributed by atoms with van der Waals surface area (Å²) < 4.78 is 13.3. The molecule has 0 radical (unpaired) electrons. The average Bonchev–Trinajstić information content (AvgIpc) is 2.29. The third-order valence-corrected chi connectivity index (χ3v) is 3.19. The van der Waals surface area contributed by atoms with Gasteiger partial charge in [-0.2, -0.15) is 0 Å². The van der Waals surface area contributed by atoms with Gasteiger partial charge in [-0.25, -0.2) is 4.39 Å². The van der Waals surface area contributed by atoms with Gasteiger partial charge in [-0.3, -0.25) is 4.79 Å². The number of rotatable bonds is 2. The summed E-state index contributed by atoms with van der Waals surface area (Å²) in [6.45, 7) is 0. The summed E-state index contributed by atoms with van der Waals surface area (Å²) in [7, 11) is 0. The number of carbonyl (C=O) groups excluding carboxylic acids is 1. The normalized spacial score (nSPS) is 10.3. The number of hydrogen-bond acceptors (Lipinski definition) is 1. The predicted octanol–water partition coefficient (Wildman–Crippen LogP) is 4.47. The third-order valence-electron chi connectivity index (χ3n) is 2.28. The molecule has 0 spiro atoms. The highest BCUT2D eigenvalue weighted by Crippen LogP contribution is 2.22. The van der Waals surface area contributed by atoms with Gasteiger partial charge in [0.2, 0.25) is 0 Å². The van der Waals surface area contributed by atoms with E-state index >= 15 is 0 Å². The molecule has 0 amide bonds. The van der Waals surface area contributed by atoms with Crippen molar-refractivity contribution >= 4 is 33.3 Å². The molecule has 2 aromatic rings. The fourth-order valence-electron chi connectivity index (χ4n) is 1.43. The quantitative estimate of drug-likeness (QED) is 0.748. The van der Waals surface area contributed by atoms with E-state index in [-0.39, 0.29) is 11.6 Å². The molecule has 17 heavy (non-hydrogen) atoms. The standard InChI is InChI=1S/C13H7BrClFO/c14-12-7-10(16)5-6-11(12)13(17)8-1-3-9(15)4-2-8/h1-7H. The number of hydrogen-bond donors (Lipinski definition) is 0. The zero-order valence-electron chi connectivity index (χ0n) is 8.58. The van der Waals surface area contributed by atoms with Crippen molar-refractivity contribution in [1.82, 2.24) is 0 Å². The smallest absolute Gasteiger partial charge is 0.194 e. The molecule has 0 aromatic heterocycles. The van der Waals surface area contributed by atoms with Crippen LogP contribution in [0.4, 0.5) is 4.39 Å². The highest BCUT2D eigenvalue weighted by atomic mass is 79.9. The van der Waals surface area contributed by atoms with Crippen LogP contribution in [-0.2, 0) is 0 Å². The molecule has 0 aliphatic rings. The number of ketones is 1. The molecule has 0 N–H and O–H groups in total. The lowest BCUT2D eigenvalue weighted by Gasteiger charge is -2.04. The second kappa shape index (κ2) is 4.98. The first-order valence-electron chi connectivity index (χ1n) is 4.83. The fraction of sp³-hybridized carbons (Fsp3) is 0. The largest absolute Gasteiger partial charge is 0.289 e. The predicted molar refractivity (Wildman–Crippen MR) is 69.0 cm³/mol. The average molecular weight is 314 g/mol. The summed E-state index contributed by atoms with van der Waals surface area (Å²) in [5.41, 5.74) is 0.940. The van der Waals surface area contributed by atoms with E-state index in [4.69, 9.17) is 11.6 Å². The minimum absolute atomic E-state index is 0.173. The molecule has 86 valence electrons. The maximum absolute atomic E-state index is 12.9. The van der Waals surface area contributed by atoms with Crippen LogP contribution in [0.15, 0.2) is 46.9 Å². The Morgan fingerprint density at radius 2 is 1.76 bits per heavy atom. The minimum Gasteiger partial charge on any atom is -0.289 e. The zero-order valence-corrected chi connectivity index (χ0v) is 10.9. The van der Waals surface area contributed by atoms with Crippen LogP contribution >= 0.6 is 27.5 Å². The molecule has 1 nitrogen and oxygen atoms in total. The van der Waals surface area contributed by atoms with Crippen LogP contribution in [0.25, 0.3) is 0 Å². The Labute approximate surface area is 111 Å². The van der Waals surface area contributed by atoms with Gasteiger partial charge in [-0.05, 0) is 58.4 Å². The maximum atomic E-state index is 12.9. The summed E-state index contributed by atoms with van der Waals surface area (Å²) in [5, 5.41) is 0.569. The monoisotopic (exact) mass is 312 g/mol. The summed E-state index contributed by atoms with van der Waals surface area (Å²) in [6.07, 6.45) is 0. The molecule has 0 unspecified atom stereocenters. The Balaban J connectivity index is 2.40. The van der Waals surface area contributed by atoms with Crippen LogP contribution in [0, 0.1) is 5.82 Å². The van der Waals surface area contributed by atoms with Gasteiger partial charge in [-0.15, -0.1) is 0 Å². The molecule has 0 atom stereocenters. The number of halogens is 3. The lowest BCUT2D eigenvalue weighted by Crippen LogP contribution is -2.02. The van der Waals surface area contributed by atoms with E-state index in [9.17, 15) is 9.18 Å². The molecule has 0 bridgehead atoms. The van der Waals surface area contributed by atoms with E-state index in [0.717, 1.165) is 0 Å². The Morgan fingerprint density at radius 3 is 2.35 bits per heavy atom. The van der Waals surface area contributed by atoms with Crippen LogP contribution in [0.1, 0.15) is 15.9 Å². The van der Waals surface area contributed by atoms with Crippen molar-refractivity contribution in [2.24, 2.45) is 0 Å². The van der Waals surface area contributed by atoms with Gasteiger partial charge in [0.25, 0.3) is 0 Å². The summed E-state index contributed by atoms with van der Waals surface area (Å²) in [4.78, 5) is 12.1. The molecule has 0 aliphatic carbocycles. The van der Waals surface area contributed by atoms with Crippen molar-refractivity contribution in [1.29, 1.82) is 0 Å². The van der Waals surface area contributed by atoms with Crippen LogP contribution in [0.3, 0.4) is 0 Å². The van der Waals surface area contributed by atoms with E-state index in [2.05, 4.69) is 15.9 Å². The lowest BCUT2D eigenvalue weighted by molar-refractivity contribution is 0.103. The Hall–Kier alpha value is -1.19. The zero-order chi connectivity index (χ0) is 12.4. The summed E-state index contributed by atoms with van der Waals surface area (Å²) in [6, 6.07) is 10.5. The number of carbonyl (C=O) groups is 1. The van der Waals surface area contributed by atoms with Crippen molar-refractivity contribution in [2.45, 2.75) is 0 Å². The molecule has 2 rings (SSSR count). The van der Waals surface area contributed by atoms with Gasteiger partial charge in [0.1, 0.15) is 5.82 Å². The Kier molecular flexibility index (Phi) is 3.60. The molecular formula is C13H7BrClFO. The van der Waals surface area contributed by atoms with Crippen molar-refractivity contribution in [3.8, 4) is 0 Å². The van der Waals surface area contributed by atoms with Crippen molar-refractivity contribution in [3.63, 3.8) is 0 Å². The van der Waals surface area contributed by atoms with Gasteiger partial charge in [0.15, 0.2) is 5.78 Å². The number of benzene rings is 2. The molecule has 0 heterocycles. The molecule has 4 heteroatoms. The van der Waals surface area contributed by atoms with E-state index in [1.807, 2.05) is 0 Å². The topological polar surface area (TPSA) is 17.1 Å². The van der Waals surface area contributed by atoms with Crippen LogP contribution in [-0.4, -0.2) is 5.78 Å². The van der Waals surface area contributed by atoms with E-state index in [1.54, 1.807) is 24.3 Å². The van der Waals surface area contributed by atoms with Gasteiger partial charge in [0.05, 0.1) is 0 Å². The van der Waals surface area contributed by atoms with Crippen LogP contribution < -0.4 is 0 Å². The highest BCUT2D eigenvalue weighted by Gasteiger charge is 2.12. The van der Waals surface area contributed by atoms with Crippen molar-refractivity contribution in [3.05, 3.63) is 68.9 Å². The third kappa shape index (κ3) is 2.73. The highest BCUT2D eigenvalue weighted by molar-refractivity contribution is 9.10. The van der Waals surface area contributed by atoms with E-state index < -0.39 is 0 Å². The van der Waals surface area contributed by atoms with Gasteiger partial charge >= 0.3 is 0 Å². The van der Waals surface area contributed by atoms with E-state index in [0.29, 0.717) is 20.6 Å². The molecule has 0 aliphatic heterocycles. The molecule has 0 saturated carbocycles. The van der Waals surface area contributed by atoms with Crippen LogP contribution in [0.5, 0.6) is 0 Å². The second-order valence-corrected chi connectivity index (χ2v) is 4.75. The molecule has 0 saturated heterocycles. The van der Waals surface area contributed by atoms with E-state index in [1.165, 1.54) is 18.2 Å².